The summed E-state index contributed by atoms with van der Waals surface area (Å²) >= 11 is 5.50. The fraction of sp³-hybridized carbons (Fsp3) is 0.562. The second-order valence-corrected chi connectivity index (χ2v) is 6.31. The molecular formula is C16H23N3O2S. The van der Waals surface area contributed by atoms with Crippen molar-refractivity contribution >= 4 is 23.0 Å². The smallest absolute Gasteiger partial charge is 0.269 e. The van der Waals surface area contributed by atoms with Crippen molar-refractivity contribution in [3.05, 3.63) is 39.9 Å². The Morgan fingerprint density at radius 1 is 1.41 bits per heavy atom. The van der Waals surface area contributed by atoms with Crippen LogP contribution in [0.4, 0.5) is 5.69 Å². The van der Waals surface area contributed by atoms with Crippen molar-refractivity contribution in [3.63, 3.8) is 0 Å². The second kappa shape index (κ2) is 7.54. The third kappa shape index (κ3) is 4.16. The van der Waals surface area contributed by atoms with Gasteiger partial charge in [0.25, 0.3) is 5.69 Å². The van der Waals surface area contributed by atoms with Crippen LogP contribution in [0, 0.1) is 10.1 Å². The summed E-state index contributed by atoms with van der Waals surface area (Å²) in [7, 11) is 1.93. The Morgan fingerprint density at radius 2 is 2.09 bits per heavy atom. The van der Waals surface area contributed by atoms with Gasteiger partial charge < -0.3 is 10.2 Å². The highest BCUT2D eigenvalue weighted by molar-refractivity contribution is 7.80. The molecule has 0 amide bonds. The topological polar surface area (TPSA) is 58.4 Å². The van der Waals surface area contributed by atoms with Crippen LogP contribution in [0.25, 0.3) is 0 Å². The van der Waals surface area contributed by atoms with Gasteiger partial charge in [-0.15, -0.1) is 0 Å². The number of hydrogen-bond donors (Lipinski definition) is 1. The maximum absolute atomic E-state index is 10.9. The number of benzene rings is 1. The summed E-state index contributed by atoms with van der Waals surface area (Å²) in [5.74, 6) is 0. The van der Waals surface area contributed by atoms with Crippen LogP contribution in [0.5, 0.6) is 0 Å². The maximum atomic E-state index is 10.9. The van der Waals surface area contributed by atoms with Gasteiger partial charge in [0.05, 0.1) is 11.0 Å². The molecule has 5 nitrogen and oxygen atoms in total. The minimum absolute atomic E-state index is 0.0107. The van der Waals surface area contributed by atoms with E-state index in [2.05, 4.69) is 5.32 Å². The standard InChI is InChI=1S/C16H23N3O2S/c1-12(13-7-6-10-15(11-13)19(20)21)18(2)16(22)17-14-8-4-3-5-9-14/h6-7,10-12,14H,3-5,8-9H2,1-2H3,(H,17,22)/t12-/m1/s1. The van der Waals surface area contributed by atoms with Gasteiger partial charge in [-0.3, -0.25) is 10.1 Å². The van der Waals surface area contributed by atoms with Gasteiger partial charge >= 0.3 is 0 Å². The first kappa shape index (κ1) is 16.7. The molecule has 120 valence electrons. The summed E-state index contributed by atoms with van der Waals surface area (Å²) in [6.45, 7) is 2.01. The molecule has 0 aliphatic heterocycles. The zero-order valence-electron chi connectivity index (χ0n) is 13.1. The number of nitrogens with one attached hydrogen (secondary N) is 1. The van der Waals surface area contributed by atoms with Crippen LogP contribution in [0.2, 0.25) is 0 Å². The molecule has 2 rings (SSSR count). The zero-order valence-corrected chi connectivity index (χ0v) is 13.9. The van der Waals surface area contributed by atoms with E-state index in [0.717, 1.165) is 5.56 Å². The molecule has 0 spiro atoms. The maximum Gasteiger partial charge on any atom is 0.269 e. The van der Waals surface area contributed by atoms with Crippen LogP contribution in [0.1, 0.15) is 50.6 Å². The molecule has 0 unspecified atom stereocenters. The van der Waals surface area contributed by atoms with E-state index in [-0.39, 0.29) is 16.7 Å². The lowest BCUT2D eigenvalue weighted by molar-refractivity contribution is -0.384. The molecule has 1 aliphatic carbocycles. The van der Waals surface area contributed by atoms with E-state index in [1.807, 2.05) is 24.9 Å². The summed E-state index contributed by atoms with van der Waals surface area (Å²) in [5.41, 5.74) is 1.01. The quantitative estimate of drug-likeness (QED) is 0.519. The molecule has 22 heavy (non-hydrogen) atoms. The van der Waals surface area contributed by atoms with Gasteiger partial charge in [-0.1, -0.05) is 31.4 Å². The lowest BCUT2D eigenvalue weighted by Crippen LogP contribution is -2.44. The fourth-order valence-electron chi connectivity index (χ4n) is 2.82. The normalized spacial score (nSPS) is 16.8. The highest BCUT2D eigenvalue weighted by Crippen LogP contribution is 2.24. The van der Waals surface area contributed by atoms with E-state index < -0.39 is 0 Å². The van der Waals surface area contributed by atoms with Crippen molar-refractivity contribution in [1.82, 2.24) is 10.2 Å². The summed E-state index contributed by atoms with van der Waals surface area (Å²) < 4.78 is 0. The Balaban J connectivity index is 2.01. The molecule has 1 saturated carbocycles. The molecule has 6 heteroatoms. The monoisotopic (exact) mass is 321 g/mol. The number of rotatable bonds is 4. The Morgan fingerprint density at radius 3 is 2.73 bits per heavy atom. The van der Waals surface area contributed by atoms with Crippen LogP contribution in [-0.2, 0) is 0 Å². The predicted molar refractivity (Wildman–Crippen MR) is 91.9 cm³/mol. The number of non-ortho nitro benzene ring substituents is 1. The number of hydrogen-bond acceptors (Lipinski definition) is 3. The Hall–Kier alpha value is -1.69. The number of thiocarbonyl (C=S) groups is 1. The van der Waals surface area contributed by atoms with Crippen molar-refractivity contribution < 1.29 is 4.92 Å². The number of nitrogens with zero attached hydrogens (tertiary/aromatic N) is 2. The number of nitro benzene ring substituents is 1. The fourth-order valence-corrected chi connectivity index (χ4v) is 3.15. The van der Waals surface area contributed by atoms with Crippen LogP contribution in [-0.4, -0.2) is 28.0 Å². The molecular weight excluding hydrogens is 298 g/mol. The van der Waals surface area contributed by atoms with Crippen molar-refractivity contribution in [2.45, 2.75) is 51.1 Å². The van der Waals surface area contributed by atoms with E-state index in [4.69, 9.17) is 12.2 Å². The van der Waals surface area contributed by atoms with Gasteiger partial charge in [-0.25, -0.2) is 0 Å². The minimum Gasteiger partial charge on any atom is -0.360 e. The van der Waals surface area contributed by atoms with Gasteiger partial charge in [0.1, 0.15) is 0 Å². The third-order valence-corrected chi connectivity index (χ3v) is 4.80. The van der Waals surface area contributed by atoms with E-state index in [1.54, 1.807) is 12.1 Å². The first-order valence-electron chi connectivity index (χ1n) is 7.76. The molecule has 0 saturated heterocycles. The minimum atomic E-state index is -0.366. The van der Waals surface area contributed by atoms with Gasteiger partial charge in [-0.05, 0) is 37.5 Å². The van der Waals surface area contributed by atoms with Crippen molar-refractivity contribution in [1.29, 1.82) is 0 Å². The molecule has 0 aromatic heterocycles. The molecule has 1 atom stereocenters. The van der Waals surface area contributed by atoms with Crippen molar-refractivity contribution in [2.75, 3.05) is 7.05 Å². The molecule has 1 aromatic carbocycles. The van der Waals surface area contributed by atoms with Crippen LogP contribution >= 0.6 is 12.2 Å². The van der Waals surface area contributed by atoms with Crippen LogP contribution in [0.15, 0.2) is 24.3 Å². The lowest BCUT2D eigenvalue weighted by Gasteiger charge is -2.32. The van der Waals surface area contributed by atoms with E-state index in [9.17, 15) is 10.1 Å². The van der Waals surface area contributed by atoms with Gasteiger partial charge in [0.15, 0.2) is 5.11 Å². The second-order valence-electron chi connectivity index (χ2n) is 5.92. The Labute approximate surface area is 136 Å². The summed E-state index contributed by atoms with van der Waals surface area (Å²) in [4.78, 5) is 12.5. The van der Waals surface area contributed by atoms with Gasteiger partial charge in [0, 0.05) is 25.2 Å². The molecule has 1 fully saturated rings. The van der Waals surface area contributed by atoms with Gasteiger partial charge in [-0.2, -0.15) is 0 Å². The summed E-state index contributed by atoms with van der Waals surface area (Å²) in [6, 6.07) is 7.19. The highest BCUT2D eigenvalue weighted by atomic mass is 32.1. The van der Waals surface area contributed by atoms with Crippen molar-refractivity contribution in [2.24, 2.45) is 0 Å². The zero-order chi connectivity index (χ0) is 16.1. The van der Waals surface area contributed by atoms with Crippen molar-refractivity contribution in [3.8, 4) is 0 Å². The number of nitro groups is 1. The average Bonchev–Trinajstić information content (AvgIpc) is 2.54. The molecule has 1 aromatic rings. The van der Waals surface area contributed by atoms with E-state index in [0.29, 0.717) is 11.2 Å². The predicted octanol–water partition coefficient (Wildman–Crippen LogP) is 3.79. The Bertz CT molecular complexity index is 544. The van der Waals surface area contributed by atoms with Crippen LogP contribution < -0.4 is 5.32 Å². The van der Waals surface area contributed by atoms with E-state index in [1.165, 1.54) is 38.2 Å². The third-order valence-electron chi connectivity index (χ3n) is 4.40. The average molecular weight is 321 g/mol. The highest BCUT2D eigenvalue weighted by Gasteiger charge is 2.20. The van der Waals surface area contributed by atoms with Crippen LogP contribution in [0.3, 0.4) is 0 Å². The molecule has 1 N–H and O–H groups in total. The first-order valence-corrected chi connectivity index (χ1v) is 8.17. The molecule has 0 heterocycles. The van der Waals surface area contributed by atoms with E-state index >= 15 is 0 Å². The first-order chi connectivity index (χ1) is 10.5. The SMILES string of the molecule is C[C@H](c1cccc([N+](=O)[O-])c1)N(C)C(=S)NC1CCCCC1. The summed E-state index contributed by atoms with van der Waals surface area (Å²) in [6.07, 6.45) is 6.15. The summed E-state index contributed by atoms with van der Waals surface area (Å²) in [5, 5.41) is 15.0. The largest absolute Gasteiger partial charge is 0.360 e. The Kier molecular flexibility index (Phi) is 5.71. The molecule has 1 aliphatic rings. The lowest BCUT2D eigenvalue weighted by atomic mass is 9.96. The molecule has 0 radical (unpaired) electrons. The molecule has 0 bridgehead atoms. The van der Waals surface area contributed by atoms with Gasteiger partial charge in [0.2, 0.25) is 0 Å².